The third-order valence-electron chi connectivity index (χ3n) is 4.40. The Hall–Kier alpha value is -3.95. The normalized spacial score (nSPS) is 15.5. The van der Waals surface area contributed by atoms with Gasteiger partial charge in [0.25, 0.3) is 11.6 Å². The van der Waals surface area contributed by atoms with E-state index in [9.17, 15) is 19.7 Å². The molecule has 10 nitrogen and oxygen atoms in total. The Morgan fingerprint density at radius 3 is 2.48 bits per heavy atom. The van der Waals surface area contributed by atoms with Gasteiger partial charge in [-0.05, 0) is 12.1 Å². The van der Waals surface area contributed by atoms with Crippen LogP contribution in [0.2, 0.25) is 0 Å². The van der Waals surface area contributed by atoms with Gasteiger partial charge in [0.15, 0.2) is 11.5 Å². The van der Waals surface area contributed by atoms with Crippen molar-refractivity contribution in [2.24, 2.45) is 5.10 Å². The highest BCUT2D eigenvalue weighted by Gasteiger charge is 2.28. The summed E-state index contributed by atoms with van der Waals surface area (Å²) in [4.78, 5) is 35.7. The molecule has 2 heterocycles. The summed E-state index contributed by atoms with van der Waals surface area (Å²) in [6.07, 6.45) is 0.233. The van der Waals surface area contributed by atoms with E-state index in [1.54, 1.807) is 30.3 Å². The highest BCUT2D eigenvalue weighted by Crippen LogP contribution is 2.39. The molecular formula is C19H16N4O6. The molecule has 2 aromatic carbocycles. The topological polar surface area (TPSA) is 123 Å². The average molecular weight is 396 g/mol. The fourth-order valence-electron chi connectivity index (χ4n) is 3.01. The van der Waals surface area contributed by atoms with Crippen molar-refractivity contribution in [3.8, 4) is 11.5 Å². The fraction of sp³-hybridized carbons (Fsp3) is 0.211. The lowest BCUT2D eigenvalue weighted by molar-refractivity contribution is -0.384. The molecule has 0 spiro atoms. The van der Waals surface area contributed by atoms with Gasteiger partial charge in [-0.3, -0.25) is 19.7 Å². The van der Waals surface area contributed by atoms with Gasteiger partial charge in [-0.25, -0.2) is 5.01 Å². The summed E-state index contributed by atoms with van der Waals surface area (Å²) in [7, 11) is 0. The molecule has 2 aliphatic heterocycles. The maximum atomic E-state index is 12.7. The quantitative estimate of drug-likeness (QED) is 0.626. The molecule has 2 aliphatic rings. The number of carbonyl (C=O) groups excluding carboxylic acids is 2. The Balaban J connectivity index is 1.62. The van der Waals surface area contributed by atoms with Crippen LogP contribution in [0.25, 0.3) is 0 Å². The van der Waals surface area contributed by atoms with Gasteiger partial charge >= 0.3 is 0 Å². The summed E-state index contributed by atoms with van der Waals surface area (Å²) < 4.78 is 10.8. The van der Waals surface area contributed by atoms with Gasteiger partial charge in [0, 0.05) is 18.9 Å². The van der Waals surface area contributed by atoms with Crippen LogP contribution in [0.5, 0.6) is 11.5 Å². The van der Waals surface area contributed by atoms with Crippen LogP contribution < -0.4 is 19.8 Å². The summed E-state index contributed by atoms with van der Waals surface area (Å²) in [5, 5.41) is 19.3. The van der Waals surface area contributed by atoms with Crippen LogP contribution in [-0.2, 0) is 9.59 Å². The second-order valence-corrected chi connectivity index (χ2v) is 6.31. The smallest absolute Gasteiger partial charge is 0.296 e. The number of rotatable bonds is 4. The Morgan fingerprint density at radius 2 is 1.79 bits per heavy atom. The largest absolute Gasteiger partial charge is 0.486 e. The number of nitrogens with one attached hydrogen (secondary N) is 1. The van der Waals surface area contributed by atoms with Crippen molar-refractivity contribution < 1.29 is 24.0 Å². The van der Waals surface area contributed by atoms with E-state index in [1.807, 2.05) is 0 Å². The standard InChI is InChI=1S/C19H16N4O6/c24-18-7-6-13(21-22(18)12-4-2-1-3-5-12)19(25)20-14-10-16-17(29-9-8-28-16)11-15(14)23(26)27/h1-5,10-11H,6-9H2,(H,20,25). The van der Waals surface area contributed by atoms with Crippen molar-refractivity contribution in [3.05, 3.63) is 52.6 Å². The van der Waals surface area contributed by atoms with Crippen molar-refractivity contribution >= 4 is 34.6 Å². The minimum atomic E-state index is -0.627. The summed E-state index contributed by atoms with van der Waals surface area (Å²) in [6, 6.07) is 11.3. The fourth-order valence-corrected chi connectivity index (χ4v) is 3.01. The van der Waals surface area contributed by atoms with Crippen molar-refractivity contribution in [1.82, 2.24) is 0 Å². The third-order valence-corrected chi connectivity index (χ3v) is 4.40. The van der Waals surface area contributed by atoms with Crippen molar-refractivity contribution in [3.63, 3.8) is 0 Å². The Labute approximate surface area is 164 Å². The monoisotopic (exact) mass is 396 g/mol. The van der Waals surface area contributed by atoms with Gasteiger partial charge < -0.3 is 14.8 Å². The lowest BCUT2D eigenvalue weighted by atomic mass is 10.1. The Bertz CT molecular complexity index is 1020. The van der Waals surface area contributed by atoms with E-state index in [2.05, 4.69) is 10.4 Å². The number of nitrogens with zero attached hydrogens (tertiary/aromatic N) is 3. The van der Waals surface area contributed by atoms with E-state index in [-0.39, 0.29) is 48.2 Å². The lowest BCUT2D eigenvalue weighted by Gasteiger charge is -2.23. The van der Waals surface area contributed by atoms with Crippen LogP contribution in [0.15, 0.2) is 47.6 Å². The van der Waals surface area contributed by atoms with E-state index >= 15 is 0 Å². The van der Waals surface area contributed by atoms with Crippen LogP contribution in [0.4, 0.5) is 17.1 Å². The maximum Gasteiger partial charge on any atom is 0.296 e. The zero-order valence-corrected chi connectivity index (χ0v) is 15.2. The van der Waals surface area contributed by atoms with Crippen LogP contribution in [-0.4, -0.2) is 35.7 Å². The number of hydrogen-bond acceptors (Lipinski definition) is 7. The molecule has 4 rings (SSSR count). The van der Waals surface area contributed by atoms with Crippen LogP contribution in [0, 0.1) is 10.1 Å². The summed E-state index contributed by atoms with van der Waals surface area (Å²) in [5.74, 6) is -0.308. The maximum absolute atomic E-state index is 12.7. The molecule has 0 fully saturated rings. The summed E-state index contributed by atoms with van der Waals surface area (Å²) in [6.45, 7) is 0.592. The zero-order chi connectivity index (χ0) is 20.4. The molecule has 10 heteroatoms. The van der Waals surface area contributed by atoms with Gasteiger partial charge in [0.1, 0.15) is 24.6 Å². The van der Waals surface area contributed by atoms with E-state index < -0.39 is 10.8 Å². The molecule has 148 valence electrons. The van der Waals surface area contributed by atoms with E-state index in [0.717, 1.165) is 5.01 Å². The summed E-state index contributed by atoms with van der Waals surface area (Å²) in [5.41, 5.74) is 0.274. The minimum Gasteiger partial charge on any atom is -0.486 e. The lowest BCUT2D eigenvalue weighted by Crippen LogP contribution is -2.36. The second kappa shape index (κ2) is 7.58. The highest BCUT2D eigenvalue weighted by molar-refractivity contribution is 6.44. The Kier molecular flexibility index (Phi) is 4.82. The number of fused-ring (bicyclic) bond motifs is 1. The van der Waals surface area contributed by atoms with Crippen LogP contribution in [0.1, 0.15) is 12.8 Å². The average Bonchev–Trinajstić information content (AvgIpc) is 2.74. The molecule has 0 bridgehead atoms. The molecule has 2 aromatic rings. The molecule has 0 radical (unpaired) electrons. The molecule has 2 amide bonds. The van der Waals surface area contributed by atoms with Gasteiger partial charge in [0.2, 0.25) is 5.91 Å². The molecule has 0 aliphatic carbocycles. The minimum absolute atomic E-state index is 0.0323. The van der Waals surface area contributed by atoms with E-state index in [4.69, 9.17) is 9.47 Å². The first kappa shape index (κ1) is 18.4. The number of carbonyl (C=O) groups is 2. The number of anilines is 2. The molecular weight excluding hydrogens is 380 g/mol. The molecule has 1 N–H and O–H groups in total. The van der Waals surface area contributed by atoms with Gasteiger partial charge in [0.05, 0.1) is 16.7 Å². The molecule has 0 unspecified atom stereocenters. The second-order valence-electron chi connectivity index (χ2n) is 6.31. The van der Waals surface area contributed by atoms with Crippen molar-refractivity contribution in [2.45, 2.75) is 12.8 Å². The third kappa shape index (κ3) is 3.72. The number of para-hydroxylation sites is 1. The highest BCUT2D eigenvalue weighted by atomic mass is 16.6. The number of hydrogen-bond donors (Lipinski definition) is 1. The SMILES string of the molecule is O=C(Nc1cc2c(cc1[N+](=O)[O-])OCCO2)C1=NN(c2ccccc2)C(=O)CC1. The number of benzene rings is 2. The number of hydrazone groups is 1. The number of nitro benzene ring substituents is 1. The van der Waals surface area contributed by atoms with Gasteiger partial charge in [-0.2, -0.15) is 5.10 Å². The predicted molar refractivity (Wildman–Crippen MR) is 103 cm³/mol. The van der Waals surface area contributed by atoms with Crippen LogP contribution in [0.3, 0.4) is 0 Å². The number of nitro groups is 1. The van der Waals surface area contributed by atoms with Gasteiger partial charge in [-0.1, -0.05) is 18.2 Å². The van der Waals surface area contributed by atoms with Crippen molar-refractivity contribution in [2.75, 3.05) is 23.5 Å². The van der Waals surface area contributed by atoms with Crippen LogP contribution >= 0.6 is 0 Å². The molecule has 0 atom stereocenters. The molecule has 0 aromatic heterocycles. The first-order chi connectivity index (χ1) is 14.0. The number of amides is 2. The number of ether oxygens (including phenoxy) is 2. The van der Waals surface area contributed by atoms with E-state index in [0.29, 0.717) is 18.0 Å². The molecule has 0 saturated heterocycles. The molecule has 29 heavy (non-hydrogen) atoms. The first-order valence-corrected chi connectivity index (χ1v) is 8.88. The predicted octanol–water partition coefficient (Wildman–Crippen LogP) is 2.49. The first-order valence-electron chi connectivity index (χ1n) is 8.88. The summed E-state index contributed by atoms with van der Waals surface area (Å²) >= 11 is 0. The molecule has 0 saturated carbocycles. The van der Waals surface area contributed by atoms with E-state index in [1.165, 1.54) is 12.1 Å². The van der Waals surface area contributed by atoms with Gasteiger partial charge in [-0.15, -0.1) is 0 Å². The van der Waals surface area contributed by atoms with Crippen molar-refractivity contribution in [1.29, 1.82) is 0 Å². The Morgan fingerprint density at radius 1 is 1.10 bits per heavy atom. The zero-order valence-electron chi connectivity index (χ0n) is 15.2.